The topological polar surface area (TPSA) is 9.23 Å². The molecule has 2 rings (SSSR count). The number of ether oxygens (including phenoxy) is 1. The van der Waals surface area contributed by atoms with Gasteiger partial charge < -0.3 is 4.74 Å². The third-order valence-corrected chi connectivity index (χ3v) is 4.45. The molecule has 0 fully saturated rings. The first-order valence-corrected chi connectivity index (χ1v) is 7.56. The summed E-state index contributed by atoms with van der Waals surface area (Å²) in [5, 5.41) is 0.185. The molecule has 0 aromatic heterocycles. The maximum atomic E-state index is 6.69. The van der Waals surface area contributed by atoms with Gasteiger partial charge >= 0.3 is 0 Å². The van der Waals surface area contributed by atoms with Crippen LogP contribution in [0.25, 0.3) is 0 Å². The molecule has 0 saturated heterocycles. The van der Waals surface area contributed by atoms with Gasteiger partial charge in [0.1, 0.15) is 0 Å². The van der Waals surface area contributed by atoms with Crippen molar-refractivity contribution in [3.05, 3.63) is 35.4 Å². The highest BCUT2D eigenvalue weighted by molar-refractivity contribution is 6.21. The highest BCUT2D eigenvalue weighted by Crippen LogP contribution is 2.39. The number of rotatable bonds is 5. The van der Waals surface area contributed by atoms with E-state index in [9.17, 15) is 0 Å². The molecular weight excluding hydrogens is 244 g/mol. The van der Waals surface area contributed by atoms with E-state index in [1.807, 2.05) is 6.92 Å². The highest BCUT2D eigenvalue weighted by atomic mass is 35.5. The van der Waals surface area contributed by atoms with Crippen LogP contribution in [-0.2, 0) is 11.2 Å². The molecule has 0 N–H and O–H groups in total. The Balaban J connectivity index is 1.97. The molecule has 1 aromatic rings. The van der Waals surface area contributed by atoms with E-state index in [2.05, 4.69) is 24.3 Å². The Morgan fingerprint density at radius 2 is 2.17 bits per heavy atom. The fraction of sp³-hybridized carbons (Fsp3) is 0.625. The van der Waals surface area contributed by atoms with E-state index in [-0.39, 0.29) is 5.38 Å². The maximum absolute atomic E-state index is 6.69. The molecule has 0 spiro atoms. The van der Waals surface area contributed by atoms with E-state index in [1.54, 1.807) is 0 Å². The summed E-state index contributed by atoms with van der Waals surface area (Å²) in [4.78, 5) is 0. The minimum atomic E-state index is 0.185. The van der Waals surface area contributed by atoms with Crippen molar-refractivity contribution < 1.29 is 4.74 Å². The number of aryl methyl sites for hydroxylation is 1. The summed E-state index contributed by atoms with van der Waals surface area (Å²) in [6.45, 7) is 3.74. The standard InChI is InChI=1S/C16H23ClO/c1-2-18-12-6-10-14-9-5-8-13-7-3-4-11-15(13)16(14)17/h3-4,7,11,14,16H,2,5-6,8-10,12H2,1H3. The maximum Gasteiger partial charge on any atom is 0.0616 e. The van der Waals surface area contributed by atoms with Crippen LogP contribution in [0.1, 0.15) is 49.1 Å². The Morgan fingerprint density at radius 3 is 3.00 bits per heavy atom. The van der Waals surface area contributed by atoms with Gasteiger partial charge in [0.15, 0.2) is 0 Å². The molecule has 0 amide bonds. The molecule has 1 aliphatic rings. The van der Waals surface area contributed by atoms with Crippen molar-refractivity contribution in [2.24, 2.45) is 5.92 Å². The van der Waals surface area contributed by atoms with Crippen LogP contribution in [0.3, 0.4) is 0 Å². The van der Waals surface area contributed by atoms with Crippen molar-refractivity contribution in [1.82, 2.24) is 0 Å². The molecule has 0 radical (unpaired) electrons. The lowest BCUT2D eigenvalue weighted by molar-refractivity contribution is 0.138. The summed E-state index contributed by atoms with van der Waals surface area (Å²) in [6, 6.07) is 8.66. The zero-order valence-corrected chi connectivity index (χ0v) is 12.0. The second-order valence-corrected chi connectivity index (χ2v) is 5.56. The van der Waals surface area contributed by atoms with Crippen molar-refractivity contribution in [1.29, 1.82) is 0 Å². The molecule has 2 atom stereocenters. The molecule has 1 aromatic carbocycles. The van der Waals surface area contributed by atoms with Gasteiger partial charge in [0, 0.05) is 13.2 Å². The Morgan fingerprint density at radius 1 is 1.33 bits per heavy atom. The molecule has 0 saturated carbocycles. The fourth-order valence-electron chi connectivity index (χ4n) is 2.87. The second-order valence-electron chi connectivity index (χ2n) is 5.09. The number of hydrogen-bond donors (Lipinski definition) is 0. The first kappa shape index (κ1) is 13.9. The third kappa shape index (κ3) is 3.49. The van der Waals surface area contributed by atoms with Crippen LogP contribution in [0.15, 0.2) is 24.3 Å². The lowest BCUT2D eigenvalue weighted by Gasteiger charge is -2.21. The predicted molar refractivity (Wildman–Crippen MR) is 77.2 cm³/mol. The lowest BCUT2D eigenvalue weighted by Crippen LogP contribution is -2.08. The van der Waals surface area contributed by atoms with Crippen LogP contribution >= 0.6 is 11.6 Å². The molecule has 100 valence electrons. The van der Waals surface area contributed by atoms with Crippen molar-refractivity contribution in [2.45, 2.75) is 44.4 Å². The SMILES string of the molecule is CCOCCCC1CCCc2ccccc2C1Cl. The van der Waals surface area contributed by atoms with E-state index in [0.29, 0.717) is 5.92 Å². The number of halogens is 1. The fourth-order valence-corrected chi connectivity index (χ4v) is 3.33. The summed E-state index contributed by atoms with van der Waals surface area (Å²) in [5.74, 6) is 0.607. The Kier molecular flexibility index (Phi) is 5.52. The number of benzene rings is 1. The van der Waals surface area contributed by atoms with Crippen LogP contribution in [0, 0.1) is 5.92 Å². The number of fused-ring (bicyclic) bond motifs is 1. The van der Waals surface area contributed by atoms with Gasteiger partial charge in [-0.15, -0.1) is 11.6 Å². The molecule has 0 heterocycles. The van der Waals surface area contributed by atoms with Crippen molar-refractivity contribution in [2.75, 3.05) is 13.2 Å². The first-order chi connectivity index (χ1) is 8.83. The predicted octanol–water partition coefficient (Wildman–Crippen LogP) is 4.74. The third-order valence-electron chi connectivity index (χ3n) is 3.85. The van der Waals surface area contributed by atoms with Crippen LogP contribution in [-0.4, -0.2) is 13.2 Å². The van der Waals surface area contributed by atoms with E-state index in [0.717, 1.165) is 19.6 Å². The quantitative estimate of drug-likeness (QED) is 0.425. The minimum absolute atomic E-state index is 0.185. The van der Waals surface area contributed by atoms with Crippen LogP contribution in [0.5, 0.6) is 0 Å². The Hall–Kier alpha value is -0.530. The largest absolute Gasteiger partial charge is 0.382 e. The van der Waals surface area contributed by atoms with Gasteiger partial charge in [0.2, 0.25) is 0 Å². The average molecular weight is 267 g/mol. The Labute approximate surface area is 115 Å². The van der Waals surface area contributed by atoms with Crippen LogP contribution in [0.4, 0.5) is 0 Å². The van der Waals surface area contributed by atoms with Gasteiger partial charge in [-0.05, 0) is 56.1 Å². The van der Waals surface area contributed by atoms with Gasteiger partial charge in [0.05, 0.1) is 5.38 Å². The van der Waals surface area contributed by atoms with Crippen LogP contribution in [0.2, 0.25) is 0 Å². The average Bonchev–Trinajstić information content (AvgIpc) is 2.56. The minimum Gasteiger partial charge on any atom is -0.382 e. The first-order valence-electron chi connectivity index (χ1n) is 7.12. The summed E-state index contributed by atoms with van der Waals surface area (Å²) in [5.41, 5.74) is 2.81. The molecule has 2 heteroatoms. The monoisotopic (exact) mass is 266 g/mol. The Bertz CT molecular complexity index is 364. The molecule has 1 aliphatic carbocycles. The van der Waals surface area contributed by atoms with E-state index in [1.165, 1.54) is 36.8 Å². The molecule has 18 heavy (non-hydrogen) atoms. The molecule has 0 aliphatic heterocycles. The molecule has 0 bridgehead atoms. The lowest BCUT2D eigenvalue weighted by atomic mass is 9.92. The van der Waals surface area contributed by atoms with Gasteiger partial charge in [-0.25, -0.2) is 0 Å². The summed E-state index contributed by atoms with van der Waals surface area (Å²) in [6.07, 6.45) is 6.00. The molecular formula is C16H23ClO. The normalized spacial score (nSPS) is 23.4. The smallest absolute Gasteiger partial charge is 0.0616 e. The summed E-state index contributed by atoms with van der Waals surface area (Å²) in [7, 11) is 0. The number of alkyl halides is 1. The summed E-state index contributed by atoms with van der Waals surface area (Å²) < 4.78 is 5.42. The van der Waals surface area contributed by atoms with E-state index in [4.69, 9.17) is 16.3 Å². The van der Waals surface area contributed by atoms with E-state index >= 15 is 0 Å². The summed E-state index contributed by atoms with van der Waals surface area (Å²) >= 11 is 6.69. The number of hydrogen-bond acceptors (Lipinski definition) is 1. The second kappa shape index (κ2) is 7.16. The van der Waals surface area contributed by atoms with Gasteiger partial charge in [-0.2, -0.15) is 0 Å². The molecule has 1 nitrogen and oxygen atoms in total. The zero-order valence-electron chi connectivity index (χ0n) is 11.2. The van der Waals surface area contributed by atoms with Gasteiger partial charge in [0.25, 0.3) is 0 Å². The zero-order chi connectivity index (χ0) is 12.8. The van der Waals surface area contributed by atoms with Crippen LogP contribution < -0.4 is 0 Å². The van der Waals surface area contributed by atoms with Gasteiger partial charge in [-0.1, -0.05) is 24.3 Å². The van der Waals surface area contributed by atoms with E-state index < -0.39 is 0 Å². The molecule has 2 unspecified atom stereocenters. The van der Waals surface area contributed by atoms with Crippen molar-refractivity contribution in [3.63, 3.8) is 0 Å². The highest BCUT2D eigenvalue weighted by Gasteiger charge is 2.25. The van der Waals surface area contributed by atoms with Gasteiger partial charge in [-0.3, -0.25) is 0 Å². The van der Waals surface area contributed by atoms with Crippen molar-refractivity contribution >= 4 is 11.6 Å². The van der Waals surface area contributed by atoms with Crippen molar-refractivity contribution in [3.8, 4) is 0 Å².